The number of ether oxygens (including phenoxy) is 1. The summed E-state index contributed by atoms with van der Waals surface area (Å²) in [5.74, 6) is -0.569. The van der Waals surface area contributed by atoms with E-state index in [1.54, 1.807) is 13.0 Å². The largest absolute Gasteiger partial charge is 0.469 e. The Kier molecular flexibility index (Phi) is 4.17. The second-order valence-corrected chi connectivity index (χ2v) is 3.60. The van der Waals surface area contributed by atoms with E-state index in [1.165, 1.54) is 19.2 Å². The Morgan fingerprint density at radius 2 is 2.24 bits per heavy atom. The van der Waals surface area contributed by atoms with Crippen molar-refractivity contribution in [2.45, 2.75) is 19.4 Å². The van der Waals surface area contributed by atoms with Crippen LogP contribution in [0.1, 0.15) is 23.7 Å². The van der Waals surface area contributed by atoms with E-state index >= 15 is 0 Å². The Balaban J connectivity index is 2.95. The van der Waals surface area contributed by atoms with Crippen LogP contribution in [-0.4, -0.2) is 23.1 Å². The number of aliphatic hydroxyl groups is 1. The number of hydrogen-bond acceptors (Lipinski definition) is 5. The van der Waals surface area contributed by atoms with E-state index in [-0.39, 0.29) is 12.1 Å². The summed E-state index contributed by atoms with van der Waals surface area (Å²) in [6.07, 6.45) is -1.32. The van der Waals surface area contributed by atoms with E-state index in [0.29, 0.717) is 11.1 Å². The van der Waals surface area contributed by atoms with E-state index in [1.807, 2.05) is 0 Å². The van der Waals surface area contributed by atoms with Gasteiger partial charge in [-0.3, -0.25) is 14.9 Å². The van der Waals surface area contributed by atoms with E-state index in [0.717, 1.165) is 0 Å². The summed E-state index contributed by atoms with van der Waals surface area (Å²) in [5, 5.41) is 20.4. The molecule has 0 fully saturated rings. The number of nitro groups is 1. The molecule has 0 aliphatic carbocycles. The third kappa shape index (κ3) is 3.25. The summed E-state index contributed by atoms with van der Waals surface area (Å²) in [6.45, 7) is 1.61. The standard InChI is InChI=1S/C11H13NO5/c1-7-3-4-8(5-9(7)12(15)16)10(13)6-11(14)17-2/h3-5,10,13H,6H2,1-2H3/t10-/m1/s1. The van der Waals surface area contributed by atoms with Gasteiger partial charge in [-0.15, -0.1) is 0 Å². The average molecular weight is 239 g/mol. The average Bonchev–Trinajstić information content (AvgIpc) is 2.28. The highest BCUT2D eigenvalue weighted by atomic mass is 16.6. The van der Waals surface area contributed by atoms with Crippen molar-refractivity contribution in [1.82, 2.24) is 0 Å². The maximum absolute atomic E-state index is 11.0. The van der Waals surface area contributed by atoms with Gasteiger partial charge in [0, 0.05) is 11.6 Å². The lowest BCUT2D eigenvalue weighted by atomic mass is 10.0. The molecule has 1 atom stereocenters. The molecule has 6 nitrogen and oxygen atoms in total. The molecule has 17 heavy (non-hydrogen) atoms. The third-order valence-corrected chi connectivity index (χ3v) is 2.40. The number of aliphatic hydroxyl groups excluding tert-OH is 1. The number of carbonyl (C=O) groups excluding carboxylic acids is 1. The fourth-order valence-corrected chi connectivity index (χ4v) is 1.39. The van der Waals surface area contributed by atoms with Gasteiger partial charge in [0.1, 0.15) is 0 Å². The molecule has 0 aromatic heterocycles. The first kappa shape index (κ1) is 13.1. The summed E-state index contributed by atoms with van der Waals surface area (Å²) in [7, 11) is 1.21. The van der Waals surface area contributed by atoms with Crippen molar-refractivity contribution in [1.29, 1.82) is 0 Å². The molecular weight excluding hydrogens is 226 g/mol. The first-order valence-electron chi connectivity index (χ1n) is 4.95. The number of hydrogen-bond donors (Lipinski definition) is 1. The lowest BCUT2D eigenvalue weighted by Crippen LogP contribution is -2.08. The number of aryl methyl sites for hydroxylation is 1. The molecule has 0 unspecified atom stereocenters. The van der Waals surface area contributed by atoms with Crippen LogP contribution in [0.5, 0.6) is 0 Å². The van der Waals surface area contributed by atoms with Crippen LogP contribution in [-0.2, 0) is 9.53 Å². The van der Waals surface area contributed by atoms with Gasteiger partial charge in [0.2, 0.25) is 0 Å². The quantitative estimate of drug-likeness (QED) is 0.488. The summed E-state index contributed by atoms with van der Waals surface area (Å²) in [4.78, 5) is 21.1. The molecule has 1 rings (SSSR count). The molecule has 0 saturated heterocycles. The van der Waals surface area contributed by atoms with Gasteiger partial charge in [-0.2, -0.15) is 0 Å². The van der Waals surface area contributed by atoms with Gasteiger partial charge < -0.3 is 9.84 Å². The molecule has 0 spiro atoms. The van der Waals surface area contributed by atoms with Crippen molar-refractivity contribution in [3.63, 3.8) is 0 Å². The zero-order valence-electron chi connectivity index (χ0n) is 9.54. The highest BCUT2D eigenvalue weighted by Gasteiger charge is 2.18. The molecule has 1 aromatic rings. The van der Waals surface area contributed by atoms with Crippen molar-refractivity contribution in [2.24, 2.45) is 0 Å². The van der Waals surface area contributed by atoms with Gasteiger partial charge in [-0.25, -0.2) is 0 Å². The van der Waals surface area contributed by atoms with Crippen molar-refractivity contribution in [3.8, 4) is 0 Å². The van der Waals surface area contributed by atoms with Gasteiger partial charge >= 0.3 is 5.97 Å². The molecule has 0 heterocycles. The predicted molar refractivity (Wildman–Crippen MR) is 59.4 cm³/mol. The molecule has 0 radical (unpaired) electrons. The Morgan fingerprint density at radius 3 is 2.76 bits per heavy atom. The van der Waals surface area contributed by atoms with Gasteiger partial charge in [0.25, 0.3) is 5.69 Å². The van der Waals surface area contributed by atoms with E-state index in [2.05, 4.69) is 4.74 Å². The maximum atomic E-state index is 11.0. The lowest BCUT2D eigenvalue weighted by molar-refractivity contribution is -0.385. The minimum absolute atomic E-state index is 0.0774. The van der Waals surface area contributed by atoms with E-state index < -0.39 is 17.0 Å². The van der Waals surface area contributed by atoms with E-state index in [4.69, 9.17) is 0 Å². The molecular formula is C11H13NO5. The van der Waals surface area contributed by atoms with Crippen LogP contribution in [0.25, 0.3) is 0 Å². The van der Waals surface area contributed by atoms with Crippen LogP contribution in [0.15, 0.2) is 18.2 Å². The third-order valence-electron chi connectivity index (χ3n) is 2.40. The second kappa shape index (κ2) is 5.40. The molecule has 0 aliphatic rings. The molecule has 6 heteroatoms. The smallest absolute Gasteiger partial charge is 0.308 e. The SMILES string of the molecule is COC(=O)C[C@@H](O)c1ccc(C)c([N+](=O)[O-])c1. The number of nitrogens with zero attached hydrogens (tertiary/aromatic N) is 1. The number of methoxy groups -OCH3 is 1. The number of carbonyl (C=O) groups is 1. The highest BCUT2D eigenvalue weighted by molar-refractivity contribution is 5.70. The number of rotatable bonds is 4. The van der Waals surface area contributed by atoms with Gasteiger partial charge in [-0.1, -0.05) is 12.1 Å². The van der Waals surface area contributed by atoms with Crippen LogP contribution in [0, 0.1) is 17.0 Å². The second-order valence-electron chi connectivity index (χ2n) is 3.60. The molecule has 1 aromatic carbocycles. The van der Waals surface area contributed by atoms with Gasteiger partial charge in [0.05, 0.1) is 24.6 Å². The Morgan fingerprint density at radius 1 is 1.59 bits per heavy atom. The molecule has 0 bridgehead atoms. The minimum Gasteiger partial charge on any atom is -0.469 e. The van der Waals surface area contributed by atoms with Crippen molar-refractivity contribution >= 4 is 11.7 Å². The fourth-order valence-electron chi connectivity index (χ4n) is 1.39. The molecule has 0 saturated carbocycles. The van der Waals surface area contributed by atoms with Gasteiger partial charge in [-0.05, 0) is 12.5 Å². The zero-order valence-corrected chi connectivity index (χ0v) is 9.54. The van der Waals surface area contributed by atoms with Crippen LogP contribution in [0.3, 0.4) is 0 Å². The molecule has 1 N–H and O–H groups in total. The predicted octanol–water partition coefficient (Wildman–Crippen LogP) is 1.50. The maximum Gasteiger partial charge on any atom is 0.308 e. The number of esters is 1. The van der Waals surface area contributed by atoms with Crippen LogP contribution in [0.2, 0.25) is 0 Å². The zero-order chi connectivity index (χ0) is 13.0. The number of benzene rings is 1. The highest BCUT2D eigenvalue weighted by Crippen LogP contribution is 2.24. The van der Waals surface area contributed by atoms with Crippen molar-refractivity contribution in [2.75, 3.05) is 7.11 Å². The van der Waals surface area contributed by atoms with Crippen molar-refractivity contribution in [3.05, 3.63) is 39.4 Å². The molecule has 0 aliphatic heterocycles. The minimum atomic E-state index is -1.10. The van der Waals surface area contributed by atoms with Crippen LogP contribution < -0.4 is 0 Å². The van der Waals surface area contributed by atoms with Gasteiger partial charge in [0.15, 0.2) is 0 Å². The first-order valence-corrected chi connectivity index (χ1v) is 4.95. The Labute approximate surface area is 98.0 Å². The fraction of sp³-hybridized carbons (Fsp3) is 0.364. The summed E-state index contributed by atoms with van der Waals surface area (Å²) >= 11 is 0. The summed E-state index contributed by atoms with van der Waals surface area (Å²) in [6, 6.07) is 4.35. The summed E-state index contributed by atoms with van der Waals surface area (Å²) < 4.78 is 4.41. The normalized spacial score (nSPS) is 11.9. The van der Waals surface area contributed by atoms with Crippen molar-refractivity contribution < 1.29 is 19.6 Å². The lowest BCUT2D eigenvalue weighted by Gasteiger charge is -2.09. The van der Waals surface area contributed by atoms with Crippen LogP contribution in [0.4, 0.5) is 5.69 Å². The number of nitro benzene ring substituents is 1. The molecule has 0 amide bonds. The van der Waals surface area contributed by atoms with Crippen LogP contribution >= 0.6 is 0 Å². The molecule has 92 valence electrons. The summed E-state index contributed by atoms with van der Waals surface area (Å²) in [5.41, 5.74) is 0.753. The van der Waals surface area contributed by atoms with E-state index in [9.17, 15) is 20.0 Å². The first-order chi connectivity index (χ1) is 7.95. The topological polar surface area (TPSA) is 89.7 Å². The Bertz CT molecular complexity index is 443. The Hall–Kier alpha value is -1.95. The monoisotopic (exact) mass is 239 g/mol.